The molecule has 10 heavy (non-hydrogen) atoms. The van der Waals surface area contributed by atoms with Gasteiger partial charge in [0.15, 0.2) is 0 Å². The number of carbonyl (C=O) groups excluding carboxylic acids is 2. The Morgan fingerprint density at radius 3 is 1.40 bits per heavy atom. The zero-order valence-electron chi connectivity index (χ0n) is 5.84. The van der Waals surface area contributed by atoms with Crippen molar-refractivity contribution in [2.45, 2.75) is 13.8 Å². The number of nitrogens with zero attached hydrogens (tertiary/aromatic N) is 1. The summed E-state index contributed by atoms with van der Waals surface area (Å²) in [6, 6.07) is 0. The zero-order valence-corrected chi connectivity index (χ0v) is 8.68. The molecule has 0 atom stereocenters. The minimum atomic E-state index is -0.391. The summed E-state index contributed by atoms with van der Waals surface area (Å²) in [6.45, 7) is 3.21. The Kier molecular flexibility index (Phi) is 3.39. The minimum absolute atomic E-state index is 0. The number of rotatable bonds is 0. The topological polar surface area (TPSA) is 48.2 Å². The minimum Gasteiger partial charge on any atom is -0.588 e. The molecule has 0 spiro atoms. The summed E-state index contributed by atoms with van der Waals surface area (Å²) < 4.78 is 0. The number of imide groups is 1. The number of amides is 2. The average Bonchev–Trinajstić information content (AvgIpc) is 1.98. The molecule has 0 saturated heterocycles. The van der Waals surface area contributed by atoms with Crippen molar-refractivity contribution in [3.63, 3.8) is 0 Å². The average molecular weight is 213 g/mol. The largest absolute Gasteiger partial charge is 0.588 e. The van der Waals surface area contributed by atoms with Crippen molar-refractivity contribution in [2.24, 2.45) is 0 Å². The van der Waals surface area contributed by atoms with Crippen LogP contribution in [0.15, 0.2) is 11.1 Å². The number of carbonyl (C=O) groups is 2. The third-order valence-corrected chi connectivity index (χ3v) is 1.41. The van der Waals surface area contributed by atoms with Crippen molar-refractivity contribution in [3.8, 4) is 0 Å². The summed E-state index contributed by atoms with van der Waals surface area (Å²) in [5.41, 5.74) is 0.944. The van der Waals surface area contributed by atoms with Crippen LogP contribution in [-0.2, 0) is 42.3 Å². The molecule has 1 aliphatic rings. The molecule has 4 heteroatoms. The van der Waals surface area contributed by atoms with Crippen LogP contribution in [0.2, 0.25) is 0 Å². The summed E-state index contributed by atoms with van der Waals surface area (Å²) in [5.74, 6) is -0.782. The van der Waals surface area contributed by atoms with Gasteiger partial charge in [-0.25, -0.2) is 0 Å². The predicted molar refractivity (Wildman–Crippen MR) is 31.7 cm³/mol. The summed E-state index contributed by atoms with van der Waals surface area (Å²) >= 11 is 0. The normalized spacial score (nSPS) is 17.0. The van der Waals surface area contributed by atoms with Crippen LogP contribution in [0.1, 0.15) is 13.8 Å². The molecule has 0 aromatic carbocycles. The molecule has 1 rings (SSSR count). The monoisotopic (exact) mass is 213 g/mol. The molecule has 0 saturated carbocycles. The molecule has 0 bridgehead atoms. The van der Waals surface area contributed by atoms with Gasteiger partial charge < -0.3 is 14.9 Å². The van der Waals surface area contributed by atoms with Crippen molar-refractivity contribution < 1.29 is 42.3 Å². The fraction of sp³-hybridized carbons (Fsp3) is 0.333. The molecule has 0 N–H and O–H groups in total. The third kappa shape index (κ3) is 1.52. The van der Waals surface area contributed by atoms with Gasteiger partial charge in [0.05, 0.1) is 11.8 Å². The van der Waals surface area contributed by atoms with E-state index in [-0.39, 0.29) is 32.7 Å². The molecular weight excluding hydrogens is 207 g/mol. The molecular formula is C6H6NO2Y-. The van der Waals surface area contributed by atoms with Crippen molar-refractivity contribution in [3.05, 3.63) is 16.5 Å². The molecule has 51 valence electrons. The SMILES string of the molecule is CC1=C(C)C(=O)[N-]C1=O.[Y]. The maximum Gasteiger partial charge on any atom is 0.0835 e. The van der Waals surface area contributed by atoms with E-state index in [2.05, 4.69) is 5.32 Å². The Balaban J connectivity index is 0.000000810. The summed E-state index contributed by atoms with van der Waals surface area (Å²) in [5, 5.41) is 3.20. The first kappa shape index (κ1) is 9.98. The standard InChI is InChI=1S/C6H7NO2.Y/c1-3-4(2)6(9)7-5(3)8;/h1-2H3,(H,7,8,9);/p-1. The molecule has 0 fully saturated rings. The third-order valence-electron chi connectivity index (χ3n) is 1.41. The smallest absolute Gasteiger partial charge is 0.0835 e. The first-order valence-electron chi connectivity index (χ1n) is 2.61. The zero-order chi connectivity index (χ0) is 7.02. The fourth-order valence-corrected chi connectivity index (χ4v) is 0.581. The second-order valence-electron chi connectivity index (χ2n) is 1.97. The molecule has 2 amide bonds. The van der Waals surface area contributed by atoms with Gasteiger partial charge in [-0.05, 0) is 25.0 Å². The van der Waals surface area contributed by atoms with Crippen molar-refractivity contribution in [1.82, 2.24) is 0 Å². The quantitative estimate of drug-likeness (QED) is 0.557. The molecule has 0 aromatic rings. The molecule has 0 aliphatic carbocycles. The van der Waals surface area contributed by atoms with Crippen LogP contribution in [0.5, 0.6) is 0 Å². The molecule has 0 unspecified atom stereocenters. The fourth-order valence-electron chi connectivity index (χ4n) is 0.581. The van der Waals surface area contributed by atoms with Crippen LogP contribution in [-0.4, -0.2) is 11.8 Å². The van der Waals surface area contributed by atoms with Gasteiger partial charge in [0.25, 0.3) is 0 Å². The van der Waals surface area contributed by atoms with Crippen LogP contribution in [0.4, 0.5) is 0 Å². The van der Waals surface area contributed by atoms with E-state index in [1.165, 1.54) is 0 Å². The predicted octanol–water partition coefficient (Wildman–Crippen LogP) is 0.761. The number of hydrogen-bond donors (Lipinski definition) is 0. The van der Waals surface area contributed by atoms with Crippen LogP contribution < -0.4 is 0 Å². The van der Waals surface area contributed by atoms with E-state index in [9.17, 15) is 9.59 Å². The second kappa shape index (κ2) is 3.40. The van der Waals surface area contributed by atoms with E-state index in [4.69, 9.17) is 0 Å². The first-order valence-corrected chi connectivity index (χ1v) is 2.61. The van der Waals surface area contributed by atoms with Crippen LogP contribution in [0.25, 0.3) is 5.32 Å². The van der Waals surface area contributed by atoms with Gasteiger partial charge >= 0.3 is 0 Å². The van der Waals surface area contributed by atoms with Gasteiger partial charge in [0, 0.05) is 32.7 Å². The van der Waals surface area contributed by atoms with Crippen LogP contribution in [0.3, 0.4) is 0 Å². The van der Waals surface area contributed by atoms with E-state index in [1.807, 2.05) is 0 Å². The Morgan fingerprint density at radius 2 is 1.30 bits per heavy atom. The Hall–Kier alpha value is -0.0161. The molecule has 1 radical (unpaired) electrons. The molecule has 3 nitrogen and oxygen atoms in total. The Bertz CT molecular complexity index is 198. The first-order chi connectivity index (χ1) is 4.13. The van der Waals surface area contributed by atoms with E-state index < -0.39 is 11.8 Å². The Labute approximate surface area is 84.1 Å². The van der Waals surface area contributed by atoms with Gasteiger partial charge in [-0.2, -0.15) is 0 Å². The number of hydrogen-bond acceptors (Lipinski definition) is 2. The second-order valence-corrected chi connectivity index (χ2v) is 1.97. The van der Waals surface area contributed by atoms with Gasteiger partial charge in [0.1, 0.15) is 0 Å². The van der Waals surface area contributed by atoms with Gasteiger partial charge in [-0.3, -0.25) is 0 Å². The van der Waals surface area contributed by atoms with E-state index in [1.54, 1.807) is 13.8 Å². The summed E-state index contributed by atoms with van der Waals surface area (Å²) in [7, 11) is 0. The van der Waals surface area contributed by atoms with Crippen LogP contribution >= 0.6 is 0 Å². The summed E-state index contributed by atoms with van der Waals surface area (Å²) in [4.78, 5) is 21.1. The van der Waals surface area contributed by atoms with Crippen molar-refractivity contribution >= 4 is 11.8 Å². The van der Waals surface area contributed by atoms with E-state index in [0.717, 1.165) is 0 Å². The van der Waals surface area contributed by atoms with Gasteiger partial charge in [0.2, 0.25) is 0 Å². The maximum absolute atomic E-state index is 10.5. The van der Waals surface area contributed by atoms with Crippen LogP contribution in [0, 0.1) is 0 Å². The summed E-state index contributed by atoms with van der Waals surface area (Å²) in [6.07, 6.45) is 0. The Morgan fingerprint density at radius 1 is 1.00 bits per heavy atom. The van der Waals surface area contributed by atoms with Gasteiger partial charge in [-0.1, -0.05) is 0 Å². The maximum atomic E-state index is 10.5. The molecule has 0 aromatic heterocycles. The van der Waals surface area contributed by atoms with E-state index >= 15 is 0 Å². The van der Waals surface area contributed by atoms with Gasteiger partial charge in [-0.15, -0.1) is 0 Å². The molecule has 1 heterocycles. The van der Waals surface area contributed by atoms with Crippen molar-refractivity contribution in [1.29, 1.82) is 0 Å². The van der Waals surface area contributed by atoms with Crippen molar-refractivity contribution in [2.75, 3.05) is 0 Å². The molecule has 1 aliphatic heterocycles. The van der Waals surface area contributed by atoms with E-state index in [0.29, 0.717) is 11.1 Å².